The van der Waals surface area contributed by atoms with Crippen molar-refractivity contribution in [3.05, 3.63) is 79.0 Å². The van der Waals surface area contributed by atoms with Crippen LogP contribution in [0.2, 0.25) is 10.0 Å². The standard InChI is InChI=1S/C18H9Cl2FN4O2S/c19-11-1-3-13(14(20)5-11)17-9-28-18(24-17)10(7-22)8-23-16-6-12(25(26)27)2-4-15(16)21/h1-6,8-9,23H/b10-8+. The fourth-order valence-electron chi connectivity index (χ4n) is 2.25. The molecular formula is C18H9Cl2FN4O2S. The summed E-state index contributed by atoms with van der Waals surface area (Å²) < 4.78 is 13.9. The van der Waals surface area contributed by atoms with Gasteiger partial charge >= 0.3 is 0 Å². The maximum absolute atomic E-state index is 13.9. The first-order valence-electron chi connectivity index (χ1n) is 7.61. The summed E-state index contributed by atoms with van der Waals surface area (Å²) in [4.78, 5) is 14.6. The molecule has 2 aromatic carbocycles. The van der Waals surface area contributed by atoms with Crippen molar-refractivity contribution < 1.29 is 9.31 Å². The van der Waals surface area contributed by atoms with Crippen molar-refractivity contribution in [2.75, 3.05) is 5.32 Å². The molecule has 1 heterocycles. The number of benzene rings is 2. The molecule has 1 N–H and O–H groups in total. The number of nitrogens with zero attached hydrogens (tertiary/aromatic N) is 3. The summed E-state index contributed by atoms with van der Waals surface area (Å²) in [6.45, 7) is 0. The van der Waals surface area contributed by atoms with Crippen molar-refractivity contribution in [2.45, 2.75) is 0 Å². The molecule has 0 radical (unpaired) electrons. The van der Waals surface area contributed by atoms with Gasteiger partial charge in [0.1, 0.15) is 22.5 Å². The van der Waals surface area contributed by atoms with Gasteiger partial charge in [0.2, 0.25) is 0 Å². The van der Waals surface area contributed by atoms with E-state index in [1.165, 1.54) is 17.5 Å². The molecule has 6 nitrogen and oxygen atoms in total. The van der Waals surface area contributed by atoms with E-state index < -0.39 is 10.7 Å². The highest BCUT2D eigenvalue weighted by Gasteiger charge is 2.13. The van der Waals surface area contributed by atoms with Gasteiger partial charge in [-0.15, -0.1) is 11.3 Å². The zero-order chi connectivity index (χ0) is 20.3. The van der Waals surface area contributed by atoms with Crippen LogP contribution >= 0.6 is 34.5 Å². The molecule has 140 valence electrons. The summed E-state index contributed by atoms with van der Waals surface area (Å²) >= 11 is 13.3. The van der Waals surface area contributed by atoms with Gasteiger partial charge in [0, 0.05) is 34.3 Å². The number of nitrogens with one attached hydrogen (secondary N) is 1. The number of anilines is 1. The topological polar surface area (TPSA) is 91.8 Å². The molecule has 0 saturated heterocycles. The second-order valence-corrected chi connectivity index (χ2v) is 7.10. The van der Waals surface area contributed by atoms with Gasteiger partial charge in [0.05, 0.1) is 21.3 Å². The van der Waals surface area contributed by atoms with Gasteiger partial charge in [0.15, 0.2) is 0 Å². The monoisotopic (exact) mass is 434 g/mol. The van der Waals surface area contributed by atoms with Gasteiger partial charge in [-0.05, 0) is 24.3 Å². The Morgan fingerprint density at radius 2 is 2.11 bits per heavy atom. The summed E-state index contributed by atoms with van der Waals surface area (Å²) in [7, 11) is 0. The molecule has 0 fully saturated rings. The fourth-order valence-corrected chi connectivity index (χ4v) is 3.54. The van der Waals surface area contributed by atoms with E-state index in [9.17, 15) is 19.8 Å². The Labute approximate surface area is 172 Å². The first-order chi connectivity index (χ1) is 13.4. The van der Waals surface area contributed by atoms with Crippen molar-refractivity contribution in [3.8, 4) is 17.3 Å². The molecule has 0 atom stereocenters. The van der Waals surface area contributed by atoms with Gasteiger partial charge in [-0.2, -0.15) is 5.26 Å². The van der Waals surface area contributed by atoms with Crippen LogP contribution in [0.3, 0.4) is 0 Å². The van der Waals surface area contributed by atoms with Crippen molar-refractivity contribution in [1.82, 2.24) is 4.98 Å². The number of nitro groups is 1. The van der Waals surface area contributed by atoms with Crippen molar-refractivity contribution >= 4 is 51.5 Å². The number of rotatable bonds is 5. The third kappa shape index (κ3) is 4.28. The largest absolute Gasteiger partial charge is 0.358 e. The van der Waals surface area contributed by atoms with E-state index in [1.807, 2.05) is 6.07 Å². The maximum atomic E-state index is 13.9. The first kappa shape index (κ1) is 19.8. The number of non-ortho nitro benzene ring substituents is 1. The molecule has 3 aromatic rings. The van der Waals surface area contributed by atoms with Gasteiger partial charge in [0.25, 0.3) is 5.69 Å². The fraction of sp³-hybridized carbons (Fsp3) is 0. The molecule has 0 saturated carbocycles. The summed E-state index contributed by atoms with van der Waals surface area (Å²) in [5.74, 6) is -0.688. The molecule has 10 heteroatoms. The van der Waals surface area contributed by atoms with E-state index in [4.69, 9.17) is 23.2 Å². The predicted octanol–water partition coefficient (Wildman–Crippen LogP) is 6.14. The Balaban J connectivity index is 1.89. The lowest BCUT2D eigenvalue weighted by atomic mass is 10.2. The zero-order valence-corrected chi connectivity index (χ0v) is 16.1. The summed E-state index contributed by atoms with van der Waals surface area (Å²) in [6.07, 6.45) is 1.24. The number of thiazole rings is 1. The lowest BCUT2D eigenvalue weighted by Crippen LogP contribution is -1.96. The Hall–Kier alpha value is -2.99. The molecule has 0 aliphatic heterocycles. The molecule has 0 aliphatic rings. The third-order valence-corrected chi connectivity index (χ3v) is 5.02. The van der Waals surface area contributed by atoms with E-state index in [-0.39, 0.29) is 16.9 Å². The molecule has 0 amide bonds. The van der Waals surface area contributed by atoms with Crippen molar-refractivity contribution in [2.24, 2.45) is 0 Å². The number of nitriles is 1. The van der Waals surface area contributed by atoms with Gasteiger partial charge in [-0.25, -0.2) is 9.37 Å². The van der Waals surface area contributed by atoms with Crippen LogP contribution in [0.5, 0.6) is 0 Å². The minimum Gasteiger partial charge on any atom is -0.358 e. The van der Waals surface area contributed by atoms with Crippen LogP contribution in [0.4, 0.5) is 15.8 Å². The van der Waals surface area contributed by atoms with Crippen LogP contribution in [0, 0.1) is 27.3 Å². The highest BCUT2D eigenvalue weighted by molar-refractivity contribution is 7.11. The van der Waals surface area contributed by atoms with Gasteiger partial charge in [-0.3, -0.25) is 10.1 Å². The zero-order valence-electron chi connectivity index (χ0n) is 13.8. The number of nitro benzene ring substituents is 1. The van der Waals surface area contributed by atoms with Crippen LogP contribution in [0.15, 0.2) is 48.0 Å². The van der Waals surface area contributed by atoms with E-state index in [1.54, 1.807) is 23.6 Å². The SMILES string of the molecule is N#C/C(=C\Nc1cc([N+](=O)[O-])ccc1F)c1nc(-c2ccc(Cl)cc2Cl)cs1. The lowest BCUT2D eigenvalue weighted by Gasteiger charge is -2.03. The Morgan fingerprint density at radius 1 is 1.32 bits per heavy atom. The predicted molar refractivity (Wildman–Crippen MR) is 108 cm³/mol. The minimum atomic E-state index is -0.688. The van der Waals surface area contributed by atoms with E-state index >= 15 is 0 Å². The van der Waals surface area contributed by atoms with E-state index in [0.717, 1.165) is 18.2 Å². The van der Waals surface area contributed by atoms with Gasteiger partial charge in [-0.1, -0.05) is 23.2 Å². The Morgan fingerprint density at radius 3 is 2.79 bits per heavy atom. The number of hydrogen-bond acceptors (Lipinski definition) is 6. The maximum Gasteiger partial charge on any atom is 0.271 e. The van der Waals surface area contributed by atoms with Crippen molar-refractivity contribution in [1.29, 1.82) is 5.26 Å². The molecule has 28 heavy (non-hydrogen) atoms. The average Bonchev–Trinajstić information content (AvgIpc) is 3.13. The Bertz CT molecular complexity index is 1140. The molecule has 0 unspecified atom stereocenters. The molecule has 3 rings (SSSR count). The summed E-state index contributed by atoms with van der Waals surface area (Å²) in [6, 6.07) is 10.0. The molecule has 1 aromatic heterocycles. The third-order valence-electron chi connectivity index (χ3n) is 3.59. The van der Waals surface area contributed by atoms with E-state index in [0.29, 0.717) is 26.3 Å². The number of halogens is 3. The minimum absolute atomic E-state index is 0.125. The van der Waals surface area contributed by atoms with Crippen LogP contribution < -0.4 is 5.32 Å². The van der Waals surface area contributed by atoms with Crippen LogP contribution in [-0.4, -0.2) is 9.91 Å². The first-order valence-corrected chi connectivity index (χ1v) is 9.24. The summed E-state index contributed by atoms with van der Waals surface area (Å²) in [5.41, 5.74) is 0.948. The molecular weight excluding hydrogens is 426 g/mol. The Kier molecular flexibility index (Phi) is 5.90. The highest BCUT2D eigenvalue weighted by Crippen LogP contribution is 2.32. The molecule has 0 spiro atoms. The average molecular weight is 435 g/mol. The van der Waals surface area contributed by atoms with Crippen LogP contribution in [0.25, 0.3) is 16.8 Å². The van der Waals surface area contributed by atoms with Gasteiger partial charge < -0.3 is 5.32 Å². The molecule has 0 bridgehead atoms. The number of hydrogen-bond donors (Lipinski definition) is 1. The number of allylic oxidation sites excluding steroid dienone is 1. The second kappa shape index (κ2) is 8.35. The van der Waals surface area contributed by atoms with E-state index in [2.05, 4.69) is 10.3 Å². The second-order valence-electron chi connectivity index (χ2n) is 5.40. The number of aromatic nitrogens is 1. The lowest BCUT2D eigenvalue weighted by molar-refractivity contribution is -0.384. The van der Waals surface area contributed by atoms with Crippen LogP contribution in [-0.2, 0) is 0 Å². The quantitative estimate of drug-likeness (QED) is 0.295. The van der Waals surface area contributed by atoms with Crippen LogP contribution in [0.1, 0.15) is 5.01 Å². The highest BCUT2D eigenvalue weighted by atomic mass is 35.5. The molecule has 0 aliphatic carbocycles. The van der Waals surface area contributed by atoms with Crippen molar-refractivity contribution in [3.63, 3.8) is 0 Å². The summed E-state index contributed by atoms with van der Waals surface area (Å²) in [5, 5.41) is 25.8. The smallest absolute Gasteiger partial charge is 0.271 e. The normalized spacial score (nSPS) is 11.1.